The summed E-state index contributed by atoms with van der Waals surface area (Å²) in [4.78, 5) is 24.7. The molecule has 6 heteroatoms. The zero-order valence-electron chi connectivity index (χ0n) is 13.4. The van der Waals surface area contributed by atoms with Gasteiger partial charge in [0.1, 0.15) is 5.69 Å². The Kier molecular flexibility index (Phi) is 5.14. The largest absolute Gasteiger partial charge is 0.336 e. The fourth-order valence-electron chi connectivity index (χ4n) is 2.91. The summed E-state index contributed by atoms with van der Waals surface area (Å²) in [5.41, 5.74) is 2.14. The number of carbonyl (C=O) groups excluding carboxylic acids is 1. The molecule has 0 N–H and O–H groups in total. The summed E-state index contributed by atoms with van der Waals surface area (Å²) in [6.07, 6.45) is 5.51. The molecule has 1 aromatic heterocycles. The Hall–Kier alpha value is -2.78. The van der Waals surface area contributed by atoms with Gasteiger partial charge in [0.05, 0.1) is 17.8 Å². The van der Waals surface area contributed by atoms with Gasteiger partial charge in [-0.25, -0.2) is 4.98 Å². The number of amides is 1. The molecule has 0 spiro atoms. The Morgan fingerprint density at radius 2 is 2.04 bits per heavy atom. The van der Waals surface area contributed by atoms with Crippen molar-refractivity contribution in [1.29, 1.82) is 5.26 Å². The molecule has 1 aliphatic rings. The van der Waals surface area contributed by atoms with Crippen LogP contribution in [-0.2, 0) is 6.54 Å². The monoisotopic (exact) mass is 321 g/mol. The maximum atomic E-state index is 12.5. The Labute approximate surface area is 141 Å². The minimum atomic E-state index is -0.0672. The molecular weight excluding hydrogens is 302 g/mol. The number of aromatic nitrogens is 2. The number of hydrogen-bond donors (Lipinski definition) is 0. The molecule has 0 unspecified atom stereocenters. The van der Waals surface area contributed by atoms with Crippen LogP contribution in [0, 0.1) is 11.3 Å². The maximum absolute atomic E-state index is 12.5. The Bertz CT molecular complexity index is 741. The zero-order chi connectivity index (χ0) is 16.8. The van der Waals surface area contributed by atoms with Gasteiger partial charge in [-0.15, -0.1) is 0 Å². The van der Waals surface area contributed by atoms with Crippen molar-refractivity contribution in [3.05, 3.63) is 59.7 Å². The van der Waals surface area contributed by atoms with Gasteiger partial charge in [0.25, 0.3) is 5.91 Å². The molecule has 1 fully saturated rings. The van der Waals surface area contributed by atoms with E-state index < -0.39 is 0 Å². The molecule has 2 heterocycles. The molecule has 0 saturated carbocycles. The number of hydrogen-bond acceptors (Lipinski definition) is 5. The van der Waals surface area contributed by atoms with Gasteiger partial charge in [0, 0.05) is 45.1 Å². The fraction of sp³-hybridized carbons (Fsp3) is 0.333. The van der Waals surface area contributed by atoms with E-state index in [1.807, 2.05) is 29.2 Å². The van der Waals surface area contributed by atoms with Gasteiger partial charge in [-0.05, 0) is 18.1 Å². The first-order valence-corrected chi connectivity index (χ1v) is 8.03. The minimum Gasteiger partial charge on any atom is -0.336 e. The SMILES string of the molecule is N#Cc1ccccc1CN1CCCN(C(=O)c2cnccn2)CC1. The summed E-state index contributed by atoms with van der Waals surface area (Å²) in [6.45, 7) is 3.79. The van der Waals surface area contributed by atoms with Gasteiger partial charge < -0.3 is 4.90 Å². The molecule has 6 nitrogen and oxygen atoms in total. The second-order valence-electron chi connectivity index (χ2n) is 5.78. The van der Waals surface area contributed by atoms with E-state index in [0.717, 1.165) is 31.6 Å². The van der Waals surface area contributed by atoms with Gasteiger partial charge in [0.15, 0.2) is 0 Å². The Morgan fingerprint density at radius 3 is 2.83 bits per heavy atom. The average molecular weight is 321 g/mol. The highest BCUT2D eigenvalue weighted by Crippen LogP contribution is 2.13. The minimum absolute atomic E-state index is 0.0672. The number of nitriles is 1. The molecule has 1 aromatic carbocycles. The van der Waals surface area contributed by atoms with Crippen molar-refractivity contribution >= 4 is 5.91 Å². The molecule has 2 aromatic rings. The summed E-state index contributed by atoms with van der Waals surface area (Å²) in [7, 11) is 0. The van der Waals surface area contributed by atoms with Crippen LogP contribution in [0.3, 0.4) is 0 Å². The third-order valence-corrected chi connectivity index (χ3v) is 4.19. The van der Waals surface area contributed by atoms with E-state index in [9.17, 15) is 10.1 Å². The lowest BCUT2D eigenvalue weighted by atomic mass is 10.1. The van der Waals surface area contributed by atoms with Crippen molar-refractivity contribution in [3.63, 3.8) is 0 Å². The summed E-state index contributed by atoms with van der Waals surface area (Å²) in [5, 5.41) is 9.21. The van der Waals surface area contributed by atoms with Crippen molar-refractivity contribution in [1.82, 2.24) is 19.8 Å². The quantitative estimate of drug-likeness (QED) is 0.860. The highest BCUT2D eigenvalue weighted by molar-refractivity contribution is 5.91. The topological polar surface area (TPSA) is 73.1 Å². The third-order valence-electron chi connectivity index (χ3n) is 4.19. The van der Waals surface area contributed by atoms with Crippen molar-refractivity contribution < 1.29 is 4.79 Å². The molecule has 0 radical (unpaired) electrons. The lowest BCUT2D eigenvalue weighted by Gasteiger charge is -2.22. The molecule has 0 atom stereocenters. The van der Waals surface area contributed by atoms with Gasteiger partial charge in [0.2, 0.25) is 0 Å². The van der Waals surface area contributed by atoms with Crippen LogP contribution in [-0.4, -0.2) is 51.9 Å². The highest BCUT2D eigenvalue weighted by atomic mass is 16.2. The Morgan fingerprint density at radius 1 is 1.17 bits per heavy atom. The van der Waals surface area contributed by atoms with E-state index in [1.54, 1.807) is 6.20 Å². The lowest BCUT2D eigenvalue weighted by molar-refractivity contribution is 0.0754. The molecule has 1 amide bonds. The van der Waals surface area contributed by atoms with Crippen LogP contribution < -0.4 is 0 Å². The normalized spacial score (nSPS) is 15.5. The van der Waals surface area contributed by atoms with Crippen LogP contribution in [0.15, 0.2) is 42.9 Å². The smallest absolute Gasteiger partial charge is 0.274 e. The van der Waals surface area contributed by atoms with Gasteiger partial charge in [-0.1, -0.05) is 18.2 Å². The fourth-order valence-corrected chi connectivity index (χ4v) is 2.91. The van der Waals surface area contributed by atoms with Gasteiger partial charge >= 0.3 is 0 Å². The standard InChI is InChI=1S/C18H19N5O/c19-12-15-4-1-2-5-16(15)14-22-8-3-9-23(11-10-22)18(24)17-13-20-6-7-21-17/h1-2,4-7,13H,3,8-11,14H2. The molecule has 0 aliphatic carbocycles. The van der Waals surface area contributed by atoms with Crippen LogP contribution in [0.1, 0.15) is 28.0 Å². The van der Waals surface area contributed by atoms with Crippen LogP contribution in [0.2, 0.25) is 0 Å². The van der Waals surface area contributed by atoms with E-state index in [0.29, 0.717) is 24.3 Å². The second kappa shape index (κ2) is 7.66. The van der Waals surface area contributed by atoms with Crippen molar-refractivity contribution in [2.24, 2.45) is 0 Å². The molecule has 122 valence electrons. The van der Waals surface area contributed by atoms with E-state index in [4.69, 9.17) is 0 Å². The molecule has 3 rings (SSSR count). The summed E-state index contributed by atoms with van der Waals surface area (Å²) in [6, 6.07) is 9.92. The van der Waals surface area contributed by atoms with Crippen LogP contribution in [0.5, 0.6) is 0 Å². The summed E-state index contributed by atoms with van der Waals surface area (Å²) >= 11 is 0. The van der Waals surface area contributed by atoms with Crippen LogP contribution >= 0.6 is 0 Å². The number of benzene rings is 1. The van der Waals surface area contributed by atoms with E-state index in [2.05, 4.69) is 20.9 Å². The van der Waals surface area contributed by atoms with E-state index in [-0.39, 0.29) is 5.91 Å². The maximum Gasteiger partial charge on any atom is 0.274 e. The second-order valence-corrected chi connectivity index (χ2v) is 5.78. The van der Waals surface area contributed by atoms with Crippen molar-refractivity contribution in [2.75, 3.05) is 26.2 Å². The summed E-state index contributed by atoms with van der Waals surface area (Å²) in [5.74, 6) is -0.0672. The first-order chi connectivity index (χ1) is 11.8. The summed E-state index contributed by atoms with van der Waals surface area (Å²) < 4.78 is 0. The molecule has 0 bridgehead atoms. The van der Waals surface area contributed by atoms with Crippen LogP contribution in [0.25, 0.3) is 0 Å². The highest BCUT2D eigenvalue weighted by Gasteiger charge is 2.21. The number of nitrogens with zero attached hydrogens (tertiary/aromatic N) is 5. The molecule has 24 heavy (non-hydrogen) atoms. The van der Waals surface area contributed by atoms with Gasteiger partial charge in [-0.2, -0.15) is 5.26 Å². The van der Waals surface area contributed by atoms with Crippen LogP contribution in [0.4, 0.5) is 0 Å². The predicted octanol–water partition coefficient (Wildman–Crippen LogP) is 1.70. The lowest BCUT2D eigenvalue weighted by Crippen LogP contribution is -2.35. The molecule has 1 aliphatic heterocycles. The van der Waals surface area contributed by atoms with E-state index in [1.165, 1.54) is 12.4 Å². The van der Waals surface area contributed by atoms with Gasteiger partial charge in [-0.3, -0.25) is 14.7 Å². The third kappa shape index (κ3) is 3.76. The molecule has 1 saturated heterocycles. The van der Waals surface area contributed by atoms with Crippen molar-refractivity contribution in [2.45, 2.75) is 13.0 Å². The average Bonchev–Trinajstić information content (AvgIpc) is 2.88. The number of rotatable bonds is 3. The van der Waals surface area contributed by atoms with Crippen molar-refractivity contribution in [3.8, 4) is 6.07 Å². The Balaban J connectivity index is 1.63. The molecular formula is C18H19N5O. The number of carbonyl (C=O) groups is 1. The van der Waals surface area contributed by atoms with E-state index >= 15 is 0 Å². The predicted molar refractivity (Wildman–Crippen MR) is 89.0 cm³/mol. The first-order valence-electron chi connectivity index (χ1n) is 8.03. The zero-order valence-corrected chi connectivity index (χ0v) is 13.4. The first kappa shape index (κ1) is 16.1.